The zero-order chi connectivity index (χ0) is 72.4. The maximum atomic E-state index is 13.7. The first-order chi connectivity index (χ1) is 41.9. The molecule has 5 heterocycles. The van der Waals surface area contributed by atoms with E-state index in [2.05, 4.69) is 18.4 Å². The molecular formula is C59H99F6N5O22S. The number of aliphatic hydroxyl groups is 2. The number of β-amino-alcohol motifs (C(OH)–C–C–N with tert-alkyl or cyclic N) is 1. The Morgan fingerprint density at radius 2 is 0.785 bits per heavy atom. The topological polar surface area (TPSA) is 328 Å². The van der Waals surface area contributed by atoms with Crippen molar-refractivity contribution in [3.05, 3.63) is 0 Å². The number of alkyl halides is 6. The van der Waals surface area contributed by atoms with Crippen molar-refractivity contribution in [3.8, 4) is 0 Å². The maximum Gasteiger partial charge on any atom is 0.410 e. The fourth-order valence-electron chi connectivity index (χ4n) is 9.31. The molecule has 0 bridgehead atoms. The van der Waals surface area contributed by atoms with Gasteiger partial charge in [0.15, 0.2) is 5.78 Å². The van der Waals surface area contributed by atoms with Crippen molar-refractivity contribution in [2.24, 2.45) is 29.6 Å². The molecule has 540 valence electrons. The SMILES string of the molecule is CC(C)(C)OC(=O)N1CC(CO)CC(F)(F)C1.CC(C)(C)OC(=O)N1CC(COS(C)(=O)=O)CC(F)(F)C1.COC(=O)C1CC(=O)CN(C(=O)OC(C)(C)C)C1.COC(=O)C1CC(O)CN(C(=O)OC(C)(C)C)C1.COC(=O)C1CN(C(=O)OC(C)(C)C)CC(F)(F)C1. The monoisotopic (exact) mass is 1380 g/mol. The lowest BCUT2D eigenvalue weighted by molar-refractivity contribution is -0.155. The van der Waals surface area contributed by atoms with Crippen molar-refractivity contribution < 1.29 is 130 Å². The van der Waals surface area contributed by atoms with Crippen molar-refractivity contribution >= 4 is 64.3 Å². The van der Waals surface area contributed by atoms with Crippen molar-refractivity contribution in [1.82, 2.24) is 24.5 Å². The lowest BCUT2D eigenvalue weighted by Gasteiger charge is -2.37. The smallest absolute Gasteiger partial charge is 0.410 e. The van der Waals surface area contributed by atoms with E-state index >= 15 is 0 Å². The Bertz CT molecular complexity index is 2640. The molecule has 5 saturated heterocycles. The first-order valence-corrected chi connectivity index (χ1v) is 31.6. The Hall–Kier alpha value is -6.16. The molecule has 0 radical (unpaired) electrons. The van der Waals surface area contributed by atoms with Gasteiger partial charge in [0.25, 0.3) is 27.9 Å². The van der Waals surface area contributed by atoms with E-state index < -0.39 is 172 Å². The highest BCUT2D eigenvalue weighted by atomic mass is 32.2. The van der Waals surface area contributed by atoms with Crippen LogP contribution in [-0.2, 0) is 71.4 Å². The number of halogens is 6. The molecule has 27 nitrogen and oxygen atoms in total. The Morgan fingerprint density at radius 3 is 1.16 bits per heavy atom. The number of methoxy groups -OCH3 is 3. The fourth-order valence-corrected chi connectivity index (χ4v) is 9.75. The second-order valence-electron chi connectivity index (χ2n) is 28.2. The molecule has 0 aromatic carbocycles. The summed E-state index contributed by atoms with van der Waals surface area (Å²) >= 11 is 0. The summed E-state index contributed by atoms with van der Waals surface area (Å²) in [7, 11) is -0.0191. The third-order valence-electron chi connectivity index (χ3n) is 12.7. The van der Waals surface area contributed by atoms with Gasteiger partial charge in [-0.05, 0) is 110 Å². The molecule has 5 fully saturated rings. The van der Waals surface area contributed by atoms with Gasteiger partial charge in [0, 0.05) is 83.4 Å². The standard InChI is InChI=1S/C12H21F2NO5S.C12H19F2NO4.C12H21NO5.C12H19NO5.C11H19F2NO3/c1-11(2,3)20-10(16)15-6-9(5-12(13,14)8-15)7-19-21(4,17)18;1-11(2,3)19-10(17)15-6-8(9(16)18-4)5-12(13,14)7-15;2*1-12(2,3)18-11(16)13-6-8(10(15)17-4)5-9(14)7-13;1-10(2,3)17-9(16)14-5-8(6-15)4-11(12,13)7-14/h9H,5-8H2,1-4H3;8H,5-7H2,1-4H3;8-9,14H,5-7H2,1-4H3;8H,5-7H2,1-4H3;8,15H,4-7H2,1-3H3. The highest BCUT2D eigenvalue weighted by molar-refractivity contribution is 7.86. The summed E-state index contributed by atoms with van der Waals surface area (Å²) < 4.78 is 147. The summed E-state index contributed by atoms with van der Waals surface area (Å²) in [6.07, 6.45) is -4.52. The molecule has 0 aliphatic carbocycles. The van der Waals surface area contributed by atoms with Gasteiger partial charge in [-0.1, -0.05) is 0 Å². The molecule has 6 atom stereocenters. The Labute approximate surface area is 541 Å². The average molecular weight is 1380 g/mol. The summed E-state index contributed by atoms with van der Waals surface area (Å²) in [6, 6.07) is 0. The van der Waals surface area contributed by atoms with Gasteiger partial charge in [-0.2, -0.15) is 8.42 Å². The summed E-state index contributed by atoms with van der Waals surface area (Å²) in [6.45, 7) is 23.1. The molecule has 0 aromatic heterocycles. The van der Waals surface area contributed by atoms with Gasteiger partial charge in [-0.3, -0.25) is 28.3 Å². The number of esters is 3. The van der Waals surface area contributed by atoms with Crippen LogP contribution in [0, 0.1) is 29.6 Å². The fraction of sp³-hybridized carbons (Fsp3) is 0.847. The zero-order valence-electron chi connectivity index (χ0n) is 57.0. The minimum atomic E-state index is -3.71. The van der Waals surface area contributed by atoms with Crippen LogP contribution in [0.5, 0.6) is 0 Å². The molecule has 0 aromatic rings. The van der Waals surface area contributed by atoms with Gasteiger partial charge in [-0.25, -0.2) is 50.3 Å². The highest BCUT2D eigenvalue weighted by Crippen LogP contribution is 2.35. The summed E-state index contributed by atoms with van der Waals surface area (Å²) in [5.41, 5.74) is -3.50. The third-order valence-corrected chi connectivity index (χ3v) is 13.3. The van der Waals surface area contributed by atoms with Gasteiger partial charge < -0.3 is 67.7 Å². The maximum absolute atomic E-state index is 13.7. The van der Waals surface area contributed by atoms with Crippen LogP contribution < -0.4 is 0 Å². The number of aliphatic hydroxyl groups excluding tert-OH is 2. The quantitative estimate of drug-likeness (QED) is 0.108. The van der Waals surface area contributed by atoms with Crippen LogP contribution in [0.15, 0.2) is 0 Å². The van der Waals surface area contributed by atoms with E-state index in [0.29, 0.717) is 6.42 Å². The number of carbonyl (C=O) groups excluding carboxylic acids is 9. The predicted molar refractivity (Wildman–Crippen MR) is 319 cm³/mol. The summed E-state index contributed by atoms with van der Waals surface area (Å²) in [5, 5.41) is 18.6. The first kappa shape index (κ1) is 84.9. The van der Waals surface area contributed by atoms with Crippen LogP contribution in [0.1, 0.15) is 136 Å². The number of hydrogen-bond acceptors (Lipinski definition) is 22. The molecule has 5 aliphatic heterocycles. The van der Waals surface area contributed by atoms with Crippen molar-refractivity contribution in [2.75, 3.05) is 106 Å². The number of ketones is 1. The number of carbonyl (C=O) groups is 9. The molecular weight excluding hydrogens is 1280 g/mol. The lowest BCUT2D eigenvalue weighted by Crippen LogP contribution is -2.52. The van der Waals surface area contributed by atoms with E-state index in [1.807, 2.05) is 0 Å². The van der Waals surface area contributed by atoms with Crippen LogP contribution in [0.25, 0.3) is 0 Å². The Kier molecular flexibility index (Phi) is 31.5. The number of Topliss-reactive ketones (excluding diaryl/α,β-unsaturated/α-hetero) is 1. The number of piperidine rings is 5. The van der Waals surface area contributed by atoms with Crippen molar-refractivity contribution in [3.63, 3.8) is 0 Å². The number of amides is 5. The number of likely N-dealkylation sites (tertiary alicyclic amines) is 5. The molecule has 5 rings (SSSR count). The Morgan fingerprint density at radius 1 is 0.473 bits per heavy atom. The van der Waals surface area contributed by atoms with E-state index in [0.717, 1.165) is 28.1 Å². The molecule has 93 heavy (non-hydrogen) atoms. The van der Waals surface area contributed by atoms with E-state index in [1.54, 1.807) is 104 Å². The van der Waals surface area contributed by atoms with E-state index in [1.165, 1.54) is 24.0 Å². The third kappa shape index (κ3) is 35.2. The van der Waals surface area contributed by atoms with Gasteiger partial charge in [0.2, 0.25) is 0 Å². The van der Waals surface area contributed by atoms with Crippen LogP contribution in [0.4, 0.5) is 50.3 Å². The second-order valence-corrected chi connectivity index (χ2v) is 29.8. The summed E-state index contributed by atoms with van der Waals surface area (Å²) in [5.74, 6) is -14.4. The number of hydrogen-bond donors (Lipinski definition) is 2. The van der Waals surface area contributed by atoms with Gasteiger partial charge in [-0.15, -0.1) is 0 Å². The van der Waals surface area contributed by atoms with Gasteiger partial charge in [0.05, 0.1) is 84.2 Å². The molecule has 6 unspecified atom stereocenters. The number of rotatable bonds is 7. The van der Waals surface area contributed by atoms with E-state index in [-0.39, 0.29) is 77.7 Å². The van der Waals surface area contributed by atoms with Gasteiger partial charge in [0.1, 0.15) is 28.0 Å². The van der Waals surface area contributed by atoms with E-state index in [9.17, 15) is 83.0 Å². The molecule has 5 aliphatic rings. The average Bonchev–Trinajstić information content (AvgIpc) is 0.847. The molecule has 0 saturated carbocycles. The largest absolute Gasteiger partial charge is 0.469 e. The predicted octanol–water partition coefficient (Wildman–Crippen LogP) is 7.54. The van der Waals surface area contributed by atoms with Gasteiger partial charge >= 0.3 is 48.4 Å². The first-order valence-electron chi connectivity index (χ1n) is 29.8. The van der Waals surface area contributed by atoms with Crippen molar-refractivity contribution in [1.29, 1.82) is 0 Å². The minimum absolute atomic E-state index is 0.0115. The summed E-state index contributed by atoms with van der Waals surface area (Å²) in [4.78, 5) is 110. The minimum Gasteiger partial charge on any atom is -0.469 e. The zero-order valence-corrected chi connectivity index (χ0v) is 57.8. The Balaban J connectivity index is 0.000000582. The number of nitrogens with zero attached hydrogens (tertiary/aromatic N) is 5. The van der Waals surface area contributed by atoms with Crippen molar-refractivity contribution in [2.45, 2.75) is 188 Å². The molecule has 5 amide bonds. The molecule has 34 heteroatoms. The molecule has 0 spiro atoms. The number of ether oxygens (including phenoxy) is 8. The van der Waals surface area contributed by atoms with E-state index in [4.69, 9.17) is 28.8 Å². The normalized spacial score (nSPS) is 23.1. The highest BCUT2D eigenvalue weighted by Gasteiger charge is 2.48. The van der Waals surface area contributed by atoms with Crippen LogP contribution in [0.2, 0.25) is 0 Å². The van der Waals surface area contributed by atoms with Crippen LogP contribution in [-0.4, -0.2) is 255 Å². The van der Waals surface area contributed by atoms with Crippen LogP contribution >= 0.6 is 0 Å². The van der Waals surface area contributed by atoms with Crippen LogP contribution in [0.3, 0.4) is 0 Å². The second kappa shape index (κ2) is 34.5. The lowest BCUT2D eigenvalue weighted by atomic mass is 9.95. The molecule has 2 N–H and O–H groups in total.